The molecule has 3 heteroatoms. The minimum atomic E-state index is 0.337. The number of pyridine rings is 1. The van der Waals surface area contributed by atoms with E-state index in [2.05, 4.69) is 95.6 Å². The van der Waals surface area contributed by atoms with E-state index < -0.39 is 0 Å². The lowest BCUT2D eigenvalue weighted by molar-refractivity contribution is -0.0640. The van der Waals surface area contributed by atoms with Gasteiger partial charge in [-0.25, -0.2) is 0 Å². The Morgan fingerprint density at radius 3 is 1.46 bits per heavy atom. The number of nitrogens with one attached hydrogen (secondary N) is 2. The topological polar surface area (TPSA) is 37.0 Å². The average Bonchev–Trinajstić information content (AvgIpc) is 3.05. The molecule has 0 saturated heterocycles. The van der Waals surface area contributed by atoms with Crippen LogP contribution in [0.15, 0.2) is 91.1 Å². The summed E-state index contributed by atoms with van der Waals surface area (Å²) in [5, 5.41) is 9.61. The average molecular weight is 608 g/mol. The molecule has 3 aromatic carbocycles. The molecule has 0 amide bonds. The van der Waals surface area contributed by atoms with E-state index in [1.807, 2.05) is 6.20 Å². The highest BCUT2D eigenvalue weighted by atomic mass is 15.0. The lowest BCUT2D eigenvalue weighted by Crippen LogP contribution is -2.50. The van der Waals surface area contributed by atoms with Crippen LogP contribution in [0.2, 0.25) is 0 Å². The molecule has 8 bridgehead atoms. The van der Waals surface area contributed by atoms with Gasteiger partial charge in [0.25, 0.3) is 0 Å². The predicted octanol–water partition coefficient (Wildman–Crippen LogP) is 11.0. The van der Waals surface area contributed by atoms with Gasteiger partial charge < -0.3 is 10.6 Å². The van der Waals surface area contributed by atoms with Gasteiger partial charge in [-0.2, -0.15) is 0 Å². The first kappa shape index (κ1) is 27.8. The summed E-state index contributed by atoms with van der Waals surface area (Å²) in [6, 6.07) is 32.7. The van der Waals surface area contributed by atoms with Crippen LogP contribution >= 0.6 is 0 Å². The van der Waals surface area contributed by atoms with Crippen molar-refractivity contribution in [2.45, 2.75) is 89.1 Å². The summed E-state index contributed by atoms with van der Waals surface area (Å²) in [6.45, 7) is 0. The highest BCUT2D eigenvalue weighted by Gasteiger charge is 2.56. The Morgan fingerprint density at radius 1 is 0.522 bits per heavy atom. The lowest BCUT2D eigenvalue weighted by atomic mass is 9.47. The summed E-state index contributed by atoms with van der Waals surface area (Å²) >= 11 is 0. The van der Waals surface area contributed by atoms with E-state index in [9.17, 15) is 0 Å². The van der Waals surface area contributed by atoms with Gasteiger partial charge in [0.05, 0.1) is 17.6 Å². The summed E-state index contributed by atoms with van der Waals surface area (Å²) in [5.41, 5.74) is 7.16. The van der Waals surface area contributed by atoms with Crippen LogP contribution in [0.5, 0.6) is 0 Å². The van der Waals surface area contributed by atoms with Crippen molar-refractivity contribution in [3.05, 3.63) is 102 Å². The predicted molar refractivity (Wildman–Crippen MR) is 189 cm³/mol. The van der Waals surface area contributed by atoms with Crippen LogP contribution in [-0.2, 0) is 0 Å². The summed E-state index contributed by atoms with van der Waals surface area (Å²) in [6.07, 6.45) is 19.2. The smallest absolute Gasteiger partial charge is 0.0743 e. The molecule has 8 aliphatic rings. The Hall–Kier alpha value is -3.33. The Bertz CT molecular complexity index is 1660. The van der Waals surface area contributed by atoms with Gasteiger partial charge in [-0.15, -0.1) is 0 Å². The van der Waals surface area contributed by atoms with E-state index in [-0.39, 0.29) is 0 Å². The van der Waals surface area contributed by atoms with Gasteiger partial charge in [-0.3, -0.25) is 4.98 Å². The minimum Gasteiger partial charge on any atom is -0.378 e. The van der Waals surface area contributed by atoms with Gasteiger partial charge in [-0.1, -0.05) is 60.7 Å². The largest absolute Gasteiger partial charge is 0.378 e. The van der Waals surface area contributed by atoms with Crippen LogP contribution in [0.25, 0.3) is 10.9 Å². The molecular formula is C43H49N3. The zero-order valence-electron chi connectivity index (χ0n) is 27.2. The SMILES string of the molecule is c1ccc(C(Nc2ccc3c(NC(c4ccccc4)C45CC6CC(CC(C6)C4)C5)ccnc3c2)C23CC4CC(CC(C4)C2)C3)cc1. The highest BCUT2D eigenvalue weighted by Crippen LogP contribution is 2.66. The third-order valence-corrected chi connectivity index (χ3v) is 14.0. The van der Waals surface area contributed by atoms with Crippen molar-refractivity contribution in [3.8, 4) is 0 Å². The van der Waals surface area contributed by atoms with Crippen molar-refractivity contribution in [2.75, 3.05) is 10.6 Å². The van der Waals surface area contributed by atoms with E-state index in [4.69, 9.17) is 4.98 Å². The number of rotatable bonds is 8. The van der Waals surface area contributed by atoms with Crippen LogP contribution < -0.4 is 10.6 Å². The molecule has 3 nitrogen and oxygen atoms in total. The normalized spacial score (nSPS) is 36.5. The molecule has 236 valence electrons. The second-order valence-electron chi connectivity index (χ2n) is 17.1. The molecule has 1 aromatic heterocycles. The first-order chi connectivity index (χ1) is 22.6. The number of fused-ring (bicyclic) bond motifs is 1. The molecule has 0 spiro atoms. The standard InChI is InChI=1S/C43H49N3/c1-3-7-34(8-4-1)40(42-22-28-15-29(23-42)17-30(16-28)24-42)45-36-11-12-37-38(13-14-44-39(37)21-36)46-41(35-9-5-2-6-10-35)43-25-31-18-32(26-43)20-33(19-31)27-43/h1-14,21,28-33,40-41,45H,15-20,22-27H2,(H,44,46). The van der Waals surface area contributed by atoms with E-state index in [0.717, 1.165) is 41.0 Å². The van der Waals surface area contributed by atoms with Gasteiger partial charge in [0, 0.05) is 23.0 Å². The fourth-order valence-electron chi connectivity index (χ4n) is 13.2. The Labute approximate surface area is 275 Å². The van der Waals surface area contributed by atoms with E-state index >= 15 is 0 Å². The van der Waals surface area contributed by atoms with E-state index in [1.54, 1.807) is 0 Å². The molecule has 12 rings (SSSR count). The molecule has 8 saturated carbocycles. The maximum Gasteiger partial charge on any atom is 0.0743 e. The second-order valence-corrected chi connectivity index (χ2v) is 17.1. The molecule has 0 aliphatic heterocycles. The van der Waals surface area contributed by atoms with Gasteiger partial charge in [0.15, 0.2) is 0 Å². The minimum absolute atomic E-state index is 0.337. The van der Waals surface area contributed by atoms with Crippen LogP contribution in [0.4, 0.5) is 11.4 Å². The third-order valence-electron chi connectivity index (χ3n) is 14.0. The zero-order chi connectivity index (χ0) is 30.3. The van der Waals surface area contributed by atoms with Crippen LogP contribution in [0, 0.1) is 46.3 Å². The van der Waals surface area contributed by atoms with Gasteiger partial charge in [0.2, 0.25) is 0 Å². The molecule has 0 radical (unpaired) electrons. The summed E-state index contributed by atoms with van der Waals surface area (Å²) in [4.78, 5) is 4.97. The molecular weight excluding hydrogens is 558 g/mol. The van der Waals surface area contributed by atoms with Crippen LogP contribution in [-0.4, -0.2) is 4.98 Å². The van der Waals surface area contributed by atoms with Crippen LogP contribution in [0.1, 0.15) is 100 Å². The van der Waals surface area contributed by atoms with Crippen molar-refractivity contribution >= 4 is 22.3 Å². The zero-order valence-corrected chi connectivity index (χ0v) is 27.2. The summed E-state index contributed by atoms with van der Waals surface area (Å²) in [7, 11) is 0. The van der Waals surface area contributed by atoms with Crippen molar-refractivity contribution < 1.29 is 0 Å². The monoisotopic (exact) mass is 607 g/mol. The maximum atomic E-state index is 4.97. The van der Waals surface area contributed by atoms with Crippen molar-refractivity contribution in [1.29, 1.82) is 0 Å². The van der Waals surface area contributed by atoms with Gasteiger partial charge >= 0.3 is 0 Å². The molecule has 2 N–H and O–H groups in total. The van der Waals surface area contributed by atoms with Crippen molar-refractivity contribution in [1.82, 2.24) is 4.98 Å². The maximum absolute atomic E-state index is 4.97. The molecule has 4 aromatic rings. The number of benzene rings is 3. The number of nitrogens with zero attached hydrogens (tertiary/aromatic N) is 1. The van der Waals surface area contributed by atoms with Crippen molar-refractivity contribution in [3.63, 3.8) is 0 Å². The number of anilines is 2. The van der Waals surface area contributed by atoms with Crippen LogP contribution in [0.3, 0.4) is 0 Å². The molecule has 8 aliphatic carbocycles. The molecule has 1 heterocycles. The molecule has 8 fully saturated rings. The van der Waals surface area contributed by atoms with Gasteiger partial charge in [-0.05, 0) is 159 Å². The Morgan fingerprint density at radius 2 is 0.978 bits per heavy atom. The summed E-state index contributed by atoms with van der Waals surface area (Å²) < 4.78 is 0. The molecule has 2 atom stereocenters. The van der Waals surface area contributed by atoms with E-state index in [0.29, 0.717) is 22.9 Å². The number of aromatic nitrogens is 1. The number of hydrogen-bond acceptors (Lipinski definition) is 3. The van der Waals surface area contributed by atoms with Crippen molar-refractivity contribution in [2.24, 2.45) is 46.3 Å². The highest BCUT2D eigenvalue weighted by molar-refractivity contribution is 5.93. The Kier molecular flexibility index (Phi) is 6.39. The Balaban J connectivity index is 0.989. The quantitative estimate of drug-likeness (QED) is 0.209. The van der Waals surface area contributed by atoms with E-state index in [1.165, 1.54) is 105 Å². The molecule has 46 heavy (non-hydrogen) atoms. The molecule has 2 unspecified atom stereocenters. The fourth-order valence-corrected chi connectivity index (χ4v) is 13.2. The number of hydrogen-bond donors (Lipinski definition) is 2. The first-order valence-electron chi connectivity index (χ1n) is 18.6. The first-order valence-corrected chi connectivity index (χ1v) is 18.6. The van der Waals surface area contributed by atoms with Gasteiger partial charge in [0.1, 0.15) is 0 Å². The lowest BCUT2D eigenvalue weighted by Gasteiger charge is -2.59. The second kappa shape index (κ2) is 10.6. The third kappa shape index (κ3) is 4.62. The fraction of sp³-hybridized carbons (Fsp3) is 0.512. The summed E-state index contributed by atoms with van der Waals surface area (Å²) in [5.74, 6) is 5.56.